The molecule has 2 aromatic carbocycles. The summed E-state index contributed by atoms with van der Waals surface area (Å²) in [5.74, 6) is 0.556. The van der Waals surface area contributed by atoms with Crippen LogP contribution in [-0.4, -0.2) is 110 Å². The lowest BCUT2D eigenvalue weighted by atomic mass is 9.99. The second-order valence-electron chi connectivity index (χ2n) is 13.1. The third kappa shape index (κ3) is 7.40. The molecule has 6 rings (SSSR count). The Bertz CT molecular complexity index is 1670. The zero-order valence-corrected chi connectivity index (χ0v) is 28.3. The first-order valence-corrected chi connectivity index (χ1v) is 17.1. The highest BCUT2D eigenvalue weighted by atomic mass is 19.1. The first-order chi connectivity index (χ1) is 23.4. The van der Waals surface area contributed by atoms with Gasteiger partial charge in [-0.1, -0.05) is 30.3 Å². The Labute approximate surface area is 282 Å². The van der Waals surface area contributed by atoms with Gasteiger partial charge >= 0.3 is 6.01 Å². The number of piperazine rings is 1. The first-order valence-electron chi connectivity index (χ1n) is 17.1. The molecule has 0 radical (unpaired) electrons. The highest BCUT2D eigenvalue weighted by molar-refractivity contribution is 5.97. The molecule has 11 heteroatoms. The molecule has 3 atom stereocenters. The molecule has 0 saturated carbocycles. The topological polar surface area (TPSA) is 78.6 Å². The van der Waals surface area contributed by atoms with Crippen LogP contribution < -0.4 is 14.5 Å². The lowest BCUT2D eigenvalue weighted by Gasteiger charge is -2.41. The molecule has 0 N–H and O–H groups in total. The van der Waals surface area contributed by atoms with Crippen LogP contribution in [0, 0.1) is 13.5 Å². The number of benzene rings is 2. The average Bonchev–Trinajstić information content (AvgIpc) is 3.10. The summed E-state index contributed by atoms with van der Waals surface area (Å²) in [5.41, 5.74) is 4.46. The van der Waals surface area contributed by atoms with Crippen molar-refractivity contribution in [2.45, 2.75) is 58.3 Å². The number of amides is 1. The number of halogens is 1. The molecule has 1 amide bonds. The van der Waals surface area contributed by atoms with E-state index in [1.165, 1.54) is 34.2 Å². The zero-order chi connectivity index (χ0) is 33.6. The molecule has 3 aliphatic rings. The third-order valence-electron chi connectivity index (χ3n) is 9.73. The van der Waals surface area contributed by atoms with E-state index in [2.05, 4.69) is 76.7 Å². The fourth-order valence-electron chi connectivity index (χ4n) is 7.24. The lowest BCUT2D eigenvalue weighted by molar-refractivity contribution is -0.128. The molecule has 0 spiro atoms. The Morgan fingerprint density at radius 1 is 1.12 bits per heavy atom. The van der Waals surface area contributed by atoms with Gasteiger partial charge < -0.3 is 29.0 Å². The van der Waals surface area contributed by atoms with Crippen molar-refractivity contribution in [1.82, 2.24) is 19.8 Å². The van der Waals surface area contributed by atoms with Crippen molar-refractivity contribution in [2.24, 2.45) is 0 Å². The minimum Gasteiger partial charge on any atom is -0.463 e. The van der Waals surface area contributed by atoms with Gasteiger partial charge in [0.05, 0.1) is 31.6 Å². The molecule has 48 heavy (non-hydrogen) atoms. The maximum Gasteiger partial charge on any atom is 0.318 e. The molecular weight excluding hydrogens is 609 g/mol. The molecule has 3 aromatic rings. The van der Waals surface area contributed by atoms with E-state index in [1.807, 2.05) is 0 Å². The van der Waals surface area contributed by atoms with E-state index in [1.54, 1.807) is 4.90 Å². The fourth-order valence-corrected chi connectivity index (χ4v) is 7.24. The molecule has 10 nitrogen and oxygen atoms in total. The number of carbonyl (C=O) groups is 1. The standard InChI is InChI=1S/C37H46FN7O3/c1-26-9-5-10-29-11-6-12-33(35(26)29)43-17-14-31-32(24-43)40-37(47-20-8-16-42-22-28(3)48-25-27(42)2)41-36(31)44-18-19-45(30(23-44)21-39-4)34(46)13-7-15-38/h5-7,9-13,27-28,30H,8,14-25H2,1-3H3/b13-7+/t27-,28-,30-/m0/s1. The Balaban J connectivity index is 1.26. The second-order valence-corrected chi connectivity index (χ2v) is 13.1. The van der Waals surface area contributed by atoms with Gasteiger partial charge in [-0.2, -0.15) is 9.97 Å². The van der Waals surface area contributed by atoms with E-state index < -0.39 is 6.67 Å². The monoisotopic (exact) mass is 655 g/mol. The van der Waals surface area contributed by atoms with Crippen LogP contribution in [0.4, 0.5) is 15.9 Å². The van der Waals surface area contributed by atoms with Crippen LogP contribution in [0.1, 0.15) is 37.1 Å². The smallest absolute Gasteiger partial charge is 0.318 e. The number of nitrogens with zero attached hydrogens (tertiary/aromatic N) is 7. The van der Waals surface area contributed by atoms with Crippen LogP contribution >= 0.6 is 0 Å². The van der Waals surface area contributed by atoms with Crippen molar-refractivity contribution in [1.29, 1.82) is 0 Å². The van der Waals surface area contributed by atoms with Gasteiger partial charge in [0.2, 0.25) is 12.5 Å². The largest absolute Gasteiger partial charge is 0.463 e. The number of hydrogen-bond donors (Lipinski definition) is 0. The van der Waals surface area contributed by atoms with Gasteiger partial charge in [-0.05, 0) is 56.7 Å². The lowest BCUT2D eigenvalue weighted by Crippen LogP contribution is -2.56. The van der Waals surface area contributed by atoms with E-state index >= 15 is 0 Å². The maximum absolute atomic E-state index is 12.8. The molecule has 1 aromatic heterocycles. The van der Waals surface area contributed by atoms with Crippen LogP contribution in [-0.2, 0) is 22.5 Å². The number of aromatic nitrogens is 2. The highest BCUT2D eigenvalue weighted by Gasteiger charge is 2.35. The molecular formula is C37H46FN7O3. The number of allylic oxidation sites excluding steroid dienone is 1. The predicted molar refractivity (Wildman–Crippen MR) is 186 cm³/mol. The summed E-state index contributed by atoms with van der Waals surface area (Å²) < 4.78 is 24.8. The number of morpholine rings is 1. The van der Waals surface area contributed by atoms with E-state index in [9.17, 15) is 9.18 Å². The summed E-state index contributed by atoms with van der Waals surface area (Å²) in [7, 11) is 0. The van der Waals surface area contributed by atoms with Crippen LogP contribution in [0.2, 0.25) is 0 Å². The van der Waals surface area contributed by atoms with Crippen LogP contribution in [0.5, 0.6) is 6.01 Å². The summed E-state index contributed by atoms with van der Waals surface area (Å²) in [5, 5.41) is 2.47. The Morgan fingerprint density at radius 2 is 1.96 bits per heavy atom. The van der Waals surface area contributed by atoms with Crippen molar-refractivity contribution < 1.29 is 18.7 Å². The van der Waals surface area contributed by atoms with Crippen molar-refractivity contribution in [2.75, 3.05) is 75.5 Å². The normalized spacial score (nSPS) is 21.8. The van der Waals surface area contributed by atoms with Gasteiger partial charge in [-0.15, -0.1) is 0 Å². The van der Waals surface area contributed by atoms with Crippen LogP contribution in [0.15, 0.2) is 48.6 Å². The zero-order valence-electron chi connectivity index (χ0n) is 28.3. The van der Waals surface area contributed by atoms with Crippen molar-refractivity contribution >= 4 is 28.2 Å². The summed E-state index contributed by atoms with van der Waals surface area (Å²) in [6, 6.07) is 13.3. The van der Waals surface area contributed by atoms with Gasteiger partial charge in [0, 0.05) is 68.0 Å². The van der Waals surface area contributed by atoms with Gasteiger partial charge in [0.15, 0.2) is 0 Å². The predicted octanol–water partition coefficient (Wildman–Crippen LogP) is 4.84. The second kappa shape index (κ2) is 15.3. The maximum atomic E-state index is 12.8. The Morgan fingerprint density at radius 3 is 2.77 bits per heavy atom. The number of fused-ring (bicyclic) bond motifs is 2. The minimum absolute atomic E-state index is 0.162. The molecule has 3 aliphatic heterocycles. The number of alkyl halides is 1. The summed E-state index contributed by atoms with van der Waals surface area (Å²) in [6.07, 6.45) is 4.31. The van der Waals surface area contributed by atoms with E-state index in [4.69, 9.17) is 26.0 Å². The van der Waals surface area contributed by atoms with E-state index in [0.717, 1.165) is 56.2 Å². The van der Waals surface area contributed by atoms with E-state index in [-0.39, 0.29) is 24.6 Å². The molecule has 0 unspecified atom stereocenters. The van der Waals surface area contributed by atoms with Crippen LogP contribution in [0.3, 0.4) is 0 Å². The Kier molecular flexibility index (Phi) is 10.7. The average molecular weight is 656 g/mol. The van der Waals surface area contributed by atoms with Gasteiger partial charge in [-0.25, -0.2) is 11.0 Å². The first kappa shape index (κ1) is 33.6. The summed E-state index contributed by atoms with van der Waals surface area (Å²) in [4.78, 5) is 35.2. The molecule has 2 saturated heterocycles. The Hall–Kier alpha value is -4.27. The number of rotatable bonds is 10. The molecule has 254 valence electrons. The molecule has 0 bridgehead atoms. The van der Waals surface area contributed by atoms with Gasteiger partial charge in [0.1, 0.15) is 18.5 Å². The van der Waals surface area contributed by atoms with Crippen molar-refractivity contribution in [3.63, 3.8) is 0 Å². The number of carbonyl (C=O) groups excluding carboxylic acids is 1. The minimum atomic E-state index is -0.699. The van der Waals surface area contributed by atoms with Gasteiger partial charge in [0.25, 0.3) is 0 Å². The van der Waals surface area contributed by atoms with Gasteiger partial charge in [-0.3, -0.25) is 9.69 Å². The number of aryl methyl sites for hydroxylation is 1. The number of hydrogen-bond acceptors (Lipinski definition) is 8. The fraction of sp³-hybridized carbons (Fsp3) is 0.514. The molecule has 0 aliphatic carbocycles. The quantitative estimate of drug-likeness (QED) is 0.175. The van der Waals surface area contributed by atoms with E-state index in [0.29, 0.717) is 44.8 Å². The van der Waals surface area contributed by atoms with Crippen LogP contribution in [0.25, 0.3) is 15.6 Å². The summed E-state index contributed by atoms with van der Waals surface area (Å²) >= 11 is 0. The third-order valence-corrected chi connectivity index (χ3v) is 9.73. The highest BCUT2D eigenvalue weighted by Crippen LogP contribution is 2.36. The number of anilines is 2. The SMILES string of the molecule is [C-]#[N+]C[C@H]1CN(c2nc(OCCCN3C[C@H](C)OC[C@@H]3C)nc3c2CCN(c2cccc4cccc(C)c24)C3)CCN1C(=O)/C=C/CF. The number of ether oxygens (including phenoxy) is 2. The van der Waals surface area contributed by atoms with Crippen molar-refractivity contribution in [3.8, 4) is 6.01 Å². The summed E-state index contributed by atoms with van der Waals surface area (Å²) in [6.45, 7) is 19.4. The van der Waals surface area contributed by atoms with Crippen molar-refractivity contribution in [3.05, 3.63) is 76.8 Å². The molecule has 4 heterocycles. The molecule has 2 fully saturated rings.